The first-order chi connectivity index (χ1) is 15.2. The van der Waals surface area contributed by atoms with Crippen LogP contribution in [0.25, 0.3) is 28.0 Å². The predicted octanol–water partition coefficient (Wildman–Crippen LogP) is 4.50. The minimum atomic E-state index is -0.620. The molecule has 1 saturated carbocycles. The fourth-order valence-corrected chi connectivity index (χ4v) is 4.12. The van der Waals surface area contributed by atoms with Crippen molar-refractivity contribution in [2.24, 2.45) is 17.6 Å². The first kappa shape index (κ1) is 19.3. The predicted molar refractivity (Wildman–Crippen MR) is 116 cm³/mol. The second kappa shape index (κ2) is 7.89. The van der Waals surface area contributed by atoms with Gasteiger partial charge in [-0.1, -0.05) is 24.3 Å². The van der Waals surface area contributed by atoms with E-state index in [1.54, 1.807) is 23.0 Å². The van der Waals surface area contributed by atoms with Crippen LogP contribution in [0.2, 0.25) is 0 Å². The van der Waals surface area contributed by atoms with Gasteiger partial charge in [0.1, 0.15) is 6.67 Å². The van der Waals surface area contributed by atoms with Gasteiger partial charge in [-0.2, -0.15) is 10.4 Å². The molecule has 1 aromatic carbocycles. The maximum Gasteiger partial charge on any atom is 0.154 e. The molecule has 2 N–H and O–H groups in total. The van der Waals surface area contributed by atoms with Gasteiger partial charge < -0.3 is 5.73 Å². The van der Waals surface area contributed by atoms with E-state index in [2.05, 4.69) is 16.2 Å². The molecule has 6 nitrogen and oxygen atoms in total. The van der Waals surface area contributed by atoms with Crippen LogP contribution >= 0.6 is 0 Å². The summed E-state index contributed by atoms with van der Waals surface area (Å²) in [5, 5.41) is 14.4. The van der Waals surface area contributed by atoms with Gasteiger partial charge in [0.05, 0.1) is 34.9 Å². The second-order valence-corrected chi connectivity index (χ2v) is 7.98. The molecule has 0 aliphatic heterocycles. The van der Waals surface area contributed by atoms with Gasteiger partial charge in [0.2, 0.25) is 0 Å². The Bertz CT molecular complexity index is 1280. The van der Waals surface area contributed by atoms with Gasteiger partial charge >= 0.3 is 0 Å². The van der Waals surface area contributed by atoms with E-state index in [1.807, 2.05) is 42.5 Å². The lowest BCUT2D eigenvalue weighted by Crippen LogP contribution is -2.33. The number of hydrogen-bond donors (Lipinski definition) is 1. The summed E-state index contributed by atoms with van der Waals surface area (Å²) >= 11 is 0. The molecule has 1 unspecified atom stereocenters. The van der Waals surface area contributed by atoms with Crippen molar-refractivity contribution in [3.05, 3.63) is 72.2 Å². The van der Waals surface area contributed by atoms with Crippen molar-refractivity contribution in [1.82, 2.24) is 19.7 Å². The molecule has 7 heteroatoms. The van der Waals surface area contributed by atoms with Crippen LogP contribution in [-0.4, -0.2) is 19.7 Å². The molecule has 3 aromatic heterocycles. The van der Waals surface area contributed by atoms with Crippen molar-refractivity contribution < 1.29 is 4.39 Å². The molecule has 5 rings (SSSR count). The lowest BCUT2D eigenvalue weighted by Gasteiger charge is -2.34. The molecule has 1 fully saturated rings. The topological polar surface area (TPSA) is 93.4 Å². The minimum absolute atomic E-state index is 0.117. The van der Waals surface area contributed by atoms with Crippen LogP contribution in [0.3, 0.4) is 0 Å². The van der Waals surface area contributed by atoms with E-state index in [1.165, 1.54) is 0 Å². The minimum Gasteiger partial charge on any atom is -0.322 e. The quantitative estimate of drug-likeness (QED) is 0.521. The molecule has 0 saturated heterocycles. The molecular weight excluding hydrogens is 391 g/mol. The number of alkyl halides is 1. The number of fused-ring (bicyclic) bond motifs is 1. The highest BCUT2D eigenvalue weighted by Gasteiger charge is 2.34. The van der Waals surface area contributed by atoms with Gasteiger partial charge in [-0.15, -0.1) is 0 Å². The van der Waals surface area contributed by atoms with Crippen LogP contribution in [0.1, 0.15) is 30.3 Å². The maximum absolute atomic E-state index is 13.1. The SMILES string of the molecule is N#CC1CC(C(N)c2cccc(-c3ccc4cnn(-c5cccc(CF)n5)c4c3)n2)C1. The molecule has 1 aliphatic rings. The summed E-state index contributed by atoms with van der Waals surface area (Å²) < 4.78 is 14.8. The summed E-state index contributed by atoms with van der Waals surface area (Å²) in [5.41, 5.74) is 10.3. The highest BCUT2D eigenvalue weighted by molar-refractivity contribution is 5.84. The van der Waals surface area contributed by atoms with E-state index in [9.17, 15) is 4.39 Å². The lowest BCUT2D eigenvalue weighted by molar-refractivity contribution is 0.204. The zero-order valence-electron chi connectivity index (χ0n) is 16.8. The van der Waals surface area contributed by atoms with E-state index >= 15 is 0 Å². The standard InChI is InChI=1S/C24H21FN6/c25-12-19-3-1-6-23(29-19)31-22-11-16(7-8-17(22)14-28-31)20-4-2-5-21(30-20)24(27)18-9-15(10-18)13-26/h1-8,11,14-15,18,24H,9-10,12,27H2. The molecule has 0 radical (unpaired) electrons. The van der Waals surface area contributed by atoms with Gasteiger partial charge in [0.25, 0.3) is 0 Å². The zero-order chi connectivity index (χ0) is 21.4. The molecule has 0 spiro atoms. The summed E-state index contributed by atoms with van der Waals surface area (Å²) in [5.74, 6) is 0.986. The van der Waals surface area contributed by atoms with Crippen LogP contribution in [0.15, 0.2) is 60.8 Å². The highest BCUT2D eigenvalue weighted by Crippen LogP contribution is 2.40. The molecule has 0 amide bonds. The number of aromatic nitrogens is 4. The number of hydrogen-bond acceptors (Lipinski definition) is 5. The zero-order valence-corrected chi connectivity index (χ0v) is 16.8. The molecule has 3 heterocycles. The molecule has 4 aromatic rings. The van der Waals surface area contributed by atoms with Crippen molar-refractivity contribution >= 4 is 10.9 Å². The van der Waals surface area contributed by atoms with Crippen molar-refractivity contribution in [3.63, 3.8) is 0 Å². The van der Waals surface area contributed by atoms with Gasteiger partial charge in [-0.3, -0.25) is 4.98 Å². The van der Waals surface area contributed by atoms with Gasteiger partial charge in [-0.25, -0.2) is 14.1 Å². The van der Waals surface area contributed by atoms with Gasteiger partial charge in [-0.05, 0) is 49.1 Å². The molecule has 1 aliphatic carbocycles. The largest absolute Gasteiger partial charge is 0.322 e. The third kappa shape index (κ3) is 3.56. The third-order valence-electron chi connectivity index (χ3n) is 5.99. The average molecular weight is 412 g/mol. The summed E-state index contributed by atoms with van der Waals surface area (Å²) in [6.45, 7) is -0.620. The monoisotopic (exact) mass is 412 g/mol. The van der Waals surface area contributed by atoms with Crippen LogP contribution in [0, 0.1) is 23.2 Å². The van der Waals surface area contributed by atoms with Gasteiger partial charge in [0.15, 0.2) is 5.82 Å². The number of halogens is 1. The number of nitrogens with zero attached hydrogens (tertiary/aromatic N) is 5. The van der Waals surface area contributed by atoms with Crippen LogP contribution < -0.4 is 5.73 Å². The highest BCUT2D eigenvalue weighted by atomic mass is 19.1. The van der Waals surface area contributed by atoms with E-state index in [0.717, 1.165) is 40.7 Å². The Labute approximate surface area is 179 Å². The smallest absolute Gasteiger partial charge is 0.154 e. The maximum atomic E-state index is 13.1. The molecule has 31 heavy (non-hydrogen) atoms. The van der Waals surface area contributed by atoms with Gasteiger partial charge in [0, 0.05) is 22.9 Å². The lowest BCUT2D eigenvalue weighted by atomic mass is 9.71. The Balaban J connectivity index is 1.49. The molecule has 154 valence electrons. The molecular formula is C24H21FN6. The van der Waals surface area contributed by atoms with Crippen LogP contribution in [0.5, 0.6) is 0 Å². The van der Waals surface area contributed by atoms with Crippen molar-refractivity contribution in [3.8, 4) is 23.1 Å². The first-order valence-electron chi connectivity index (χ1n) is 10.3. The van der Waals surface area contributed by atoms with E-state index < -0.39 is 6.67 Å². The number of nitriles is 1. The second-order valence-electron chi connectivity index (χ2n) is 7.98. The van der Waals surface area contributed by atoms with Crippen molar-refractivity contribution in [1.29, 1.82) is 5.26 Å². The normalized spacial score (nSPS) is 19.0. The first-order valence-corrected chi connectivity index (χ1v) is 10.3. The number of benzene rings is 1. The Morgan fingerprint density at radius 2 is 1.97 bits per heavy atom. The summed E-state index contributed by atoms with van der Waals surface area (Å²) in [6.07, 6.45) is 3.43. The van der Waals surface area contributed by atoms with Crippen LogP contribution in [0.4, 0.5) is 4.39 Å². The summed E-state index contributed by atoms with van der Waals surface area (Å²) in [7, 11) is 0. The number of rotatable bonds is 5. The van der Waals surface area contributed by atoms with E-state index in [0.29, 0.717) is 17.4 Å². The summed E-state index contributed by atoms with van der Waals surface area (Å²) in [6, 6.07) is 19.2. The Kier molecular flexibility index (Phi) is 4.92. The fraction of sp³-hybridized carbons (Fsp3) is 0.250. The van der Waals surface area contributed by atoms with Crippen molar-refractivity contribution in [2.75, 3.05) is 0 Å². The Hall–Kier alpha value is -3.63. The van der Waals surface area contributed by atoms with Crippen LogP contribution in [-0.2, 0) is 6.67 Å². The Morgan fingerprint density at radius 3 is 2.77 bits per heavy atom. The van der Waals surface area contributed by atoms with E-state index in [4.69, 9.17) is 16.0 Å². The average Bonchev–Trinajstić information content (AvgIpc) is 3.22. The molecule has 1 atom stereocenters. The fourth-order valence-electron chi connectivity index (χ4n) is 4.12. The third-order valence-corrected chi connectivity index (χ3v) is 5.99. The summed E-state index contributed by atoms with van der Waals surface area (Å²) in [4.78, 5) is 9.16. The molecule has 0 bridgehead atoms. The Morgan fingerprint density at radius 1 is 1.13 bits per heavy atom. The van der Waals surface area contributed by atoms with E-state index in [-0.39, 0.29) is 12.0 Å². The van der Waals surface area contributed by atoms with Crippen molar-refractivity contribution in [2.45, 2.75) is 25.6 Å². The number of nitrogens with two attached hydrogens (primary N) is 1. The number of pyridine rings is 2.